The van der Waals surface area contributed by atoms with Crippen LogP contribution >= 0.6 is 0 Å². The van der Waals surface area contributed by atoms with Crippen molar-refractivity contribution in [2.45, 2.75) is 58.4 Å². The van der Waals surface area contributed by atoms with Crippen LogP contribution in [0.25, 0.3) is 0 Å². The predicted octanol–water partition coefficient (Wildman–Crippen LogP) is 4.13. The first kappa shape index (κ1) is 39.1. The monoisotopic (exact) mass is 671 g/mol. The van der Waals surface area contributed by atoms with Gasteiger partial charge in [0.25, 0.3) is 5.91 Å². The van der Waals surface area contributed by atoms with E-state index in [4.69, 9.17) is 33.9 Å². The standard InChI is InChI=1S/C20H24O6.C15H21NO6/c1-23-17-12-19(25-3)18(24-2)11-15(17)8-4-6-14-7-5-9-16(10-14)26-13-20(21)22;1-4-11(17)22-9-15(2,3)12(18)13(19)16-8-6-5-7-10(16)14(20)21/h5,7,9-12H,4,6,8,13H2,1-3H3,(H,21,22);4,10H,1,5-9H2,2-3H3,(H,20,21). The van der Waals surface area contributed by atoms with Crippen molar-refractivity contribution in [3.8, 4) is 23.0 Å². The second-order valence-corrected chi connectivity index (χ2v) is 11.6. The smallest absolute Gasteiger partial charge is 0.341 e. The number of ether oxygens (including phenoxy) is 5. The number of hydrogen-bond acceptors (Lipinski definition) is 10. The Bertz CT molecular complexity index is 1450. The summed E-state index contributed by atoms with van der Waals surface area (Å²) in [6.45, 7) is 5.82. The first-order valence-corrected chi connectivity index (χ1v) is 15.4. The number of carbonyl (C=O) groups is 5. The first-order valence-electron chi connectivity index (χ1n) is 15.4. The van der Waals surface area contributed by atoms with E-state index in [9.17, 15) is 24.0 Å². The lowest BCUT2D eigenvalue weighted by atomic mass is 9.87. The summed E-state index contributed by atoms with van der Waals surface area (Å²) in [5.41, 5.74) is 0.909. The van der Waals surface area contributed by atoms with Crippen LogP contribution in [0.3, 0.4) is 0 Å². The predicted molar refractivity (Wildman–Crippen MR) is 175 cm³/mol. The molecule has 1 fully saturated rings. The molecule has 13 heteroatoms. The highest BCUT2D eigenvalue weighted by atomic mass is 16.5. The number of methoxy groups -OCH3 is 3. The number of piperidine rings is 1. The van der Waals surface area contributed by atoms with Gasteiger partial charge < -0.3 is 38.8 Å². The molecule has 0 aromatic heterocycles. The van der Waals surface area contributed by atoms with Crippen molar-refractivity contribution >= 4 is 29.6 Å². The normalized spacial score (nSPS) is 14.0. The average molecular weight is 672 g/mol. The van der Waals surface area contributed by atoms with Gasteiger partial charge in [0.05, 0.1) is 26.7 Å². The second kappa shape index (κ2) is 18.9. The number of rotatable bonds is 16. The van der Waals surface area contributed by atoms with Crippen molar-refractivity contribution in [2.24, 2.45) is 5.41 Å². The number of esters is 1. The molecule has 0 aliphatic carbocycles. The molecule has 1 aliphatic heterocycles. The van der Waals surface area contributed by atoms with Crippen LogP contribution in [0.2, 0.25) is 0 Å². The Balaban J connectivity index is 0.000000339. The number of nitrogens with zero attached hydrogens (tertiary/aromatic N) is 1. The van der Waals surface area contributed by atoms with Crippen LogP contribution in [-0.2, 0) is 41.6 Å². The summed E-state index contributed by atoms with van der Waals surface area (Å²) in [5.74, 6) is -1.76. The molecule has 0 saturated carbocycles. The minimum atomic E-state index is -1.23. The Morgan fingerprint density at radius 3 is 2.21 bits per heavy atom. The maximum absolute atomic E-state index is 12.3. The van der Waals surface area contributed by atoms with E-state index in [-0.39, 0.29) is 19.8 Å². The molecule has 2 N–H and O–H groups in total. The number of amides is 1. The van der Waals surface area contributed by atoms with Crippen molar-refractivity contribution in [1.29, 1.82) is 0 Å². The highest BCUT2D eigenvalue weighted by Gasteiger charge is 2.41. The molecule has 2 aromatic carbocycles. The largest absolute Gasteiger partial charge is 0.496 e. The molecule has 3 rings (SSSR count). The molecule has 13 nitrogen and oxygen atoms in total. The van der Waals surface area contributed by atoms with Gasteiger partial charge in [0.2, 0.25) is 5.78 Å². The van der Waals surface area contributed by atoms with Gasteiger partial charge in [-0.05, 0) is 81.7 Å². The van der Waals surface area contributed by atoms with Crippen LogP contribution in [0.15, 0.2) is 49.1 Å². The number of carboxylic acids is 2. The minimum Gasteiger partial charge on any atom is -0.496 e. The summed E-state index contributed by atoms with van der Waals surface area (Å²) in [7, 11) is 4.83. The van der Waals surface area contributed by atoms with Crippen molar-refractivity contribution in [2.75, 3.05) is 41.1 Å². The van der Waals surface area contributed by atoms with E-state index in [1.54, 1.807) is 27.4 Å². The Morgan fingerprint density at radius 2 is 1.60 bits per heavy atom. The highest BCUT2D eigenvalue weighted by molar-refractivity contribution is 6.38. The van der Waals surface area contributed by atoms with Crippen LogP contribution in [0.1, 0.15) is 50.7 Å². The summed E-state index contributed by atoms with van der Waals surface area (Å²) in [5, 5.41) is 17.8. The van der Waals surface area contributed by atoms with E-state index in [1.165, 1.54) is 13.8 Å². The van der Waals surface area contributed by atoms with Gasteiger partial charge in [-0.15, -0.1) is 0 Å². The summed E-state index contributed by atoms with van der Waals surface area (Å²) in [6, 6.07) is 10.3. The lowest BCUT2D eigenvalue weighted by Gasteiger charge is -2.34. The Hall–Kier alpha value is -5.07. The Morgan fingerprint density at radius 1 is 0.938 bits per heavy atom. The quantitative estimate of drug-likeness (QED) is 0.149. The molecule has 0 radical (unpaired) electrons. The summed E-state index contributed by atoms with van der Waals surface area (Å²) >= 11 is 0. The van der Waals surface area contributed by atoms with E-state index in [1.807, 2.05) is 30.3 Å². The number of carboxylic acid groups (broad SMARTS) is 2. The fraction of sp³-hybridized carbons (Fsp3) is 0.457. The number of aryl methyl sites for hydroxylation is 2. The molecular formula is C35H45NO12. The number of benzene rings is 2. The van der Waals surface area contributed by atoms with Gasteiger partial charge in [0.1, 0.15) is 24.1 Å². The van der Waals surface area contributed by atoms with Gasteiger partial charge >= 0.3 is 17.9 Å². The molecule has 2 aromatic rings. The molecule has 1 heterocycles. The van der Waals surface area contributed by atoms with E-state index < -0.39 is 41.1 Å². The zero-order valence-corrected chi connectivity index (χ0v) is 28.1. The molecule has 1 atom stereocenters. The third-order valence-corrected chi connectivity index (χ3v) is 7.56. The summed E-state index contributed by atoms with van der Waals surface area (Å²) in [4.78, 5) is 58.6. The van der Waals surface area contributed by atoms with Crippen molar-refractivity contribution in [1.82, 2.24) is 4.90 Å². The first-order chi connectivity index (χ1) is 22.8. The lowest BCUT2D eigenvalue weighted by Crippen LogP contribution is -2.53. The van der Waals surface area contributed by atoms with Crippen LogP contribution in [0, 0.1) is 5.41 Å². The second-order valence-electron chi connectivity index (χ2n) is 11.6. The number of ketones is 1. The van der Waals surface area contributed by atoms with E-state index in [0.717, 1.165) is 47.1 Å². The van der Waals surface area contributed by atoms with Gasteiger partial charge in [0.15, 0.2) is 18.1 Å². The molecule has 1 unspecified atom stereocenters. The molecular weight excluding hydrogens is 626 g/mol. The molecule has 0 spiro atoms. The summed E-state index contributed by atoms with van der Waals surface area (Å²) in [6.07, 6.45) is 5.21. The van der Waals surface area contributed by atoms with Gasteiger partial charge in [0, 0.05) is 18.7 Å². The van der Waals surface area contributed by atoms with Gasteiger partial charge in [-0.3, -0.25) is 9.59 Å². The van der Waals surface area contributed by atoms with Crippen LogP contribution < -0.4 is 18.9 Å². The lowest BCUT2D eigenvalue weighted by molar-refractivity contribution is -0.159. The van der Waals surface area contributed by atoms with Crippen molar-refractivity contribution in [3.63, 3.8) is 0 Å². The minimum absolute atomic E-state index is 0.240. The van der Waals surface area contributed by atoms with Crippen LogP contribution in [-0.4, -0.2) is 91.8 Å². The van der Waals surface area contributed by atoms with E-state index >= 15 is 0 Å². The highest BCUT2D eigenvalue weighted by Crippen LogP contribution is 2.35. The van der Waals surface area contributed by atoms with Crippen molar-refractivity contribution in [3.05, 3.63) is 60.2 Å². The molecule has 48 heavy (non-hydrogen) atoms. The summed E-state index contributed by atoms with van der Waals surface area (Å²) < 4.78 is 26.1. The Kier molecular flexibility index (Phi) is 15.4. The SMILES string of the molecule is C=CC(=O)OCC(C)(C)C(=O)C(=O)N1CCCCC1C(=O)O.COc1cc(OC)c(OC)cc1CCCc1cccc(OCC(=O)O)c1. The number of hydrogen-bond donors (Lipinski definition) is 2. The van der Waals surface area contributed by atoms with Crippen LogP contribution in [0.5, 0.6) is 23.0 Å². The van der Waals surface area contributed by atoms with Gasteiger partial charge in [-0.2, -0.15) is 0 Å². The Labute approximate surface area is 280 Å². The van der Waals surface area contributed by atoms with Gasteiger partial charge in [-0.1, -0.05) is 18.7 Å². The fourth-order valence-electron chi connectivity index (χ4n) is 4.93. The number of likely N-dealkylation sites (tertiary alicyclic amines) is 1. The third-order valence-electron chi connectivity index (χ3n) is 7.56. The molecule has 1 saturated heterocycles. The van der Waals surface area contributed by atoms with E-state index in [0.29, 0.717) is 36.5 Å². The average Bonchev–Trinajstić information content (AvgIpc) is 3.09. The topological polar surface area (TPSA) is 175 Å². The van der Waals surface area contributed by atoms with Crippen molar-refractivity contribution < 1.29 is 57.9 Å². The molecule has 262 valence electrons. The molecule has 1 aliphatic rings. The zero-order chi connectivity index (χ0) is 35.9. The number of Topliss-reactive ketones (excluding diaryl/α,β-unsaturated/α-hetero) is 1. The third kappa shape index (κ3) is 11.6. The van der Waals surface area contributed by atoms with Crippen LogP contribution in [0.4, 0.5) is 0 Å². The maximum atomic E-state index is 12.3. The fourth-order valence-corrected chi connectivity index (χ4v) is 4.93. The van der Waals surface area contributed by atoms with Gasteiger partial charge in [-0.25, -0.2) is 14.4 Å². The molecule has 1 amide bonds. The van der Waals surface area contributed by atoms with E-state index in [2.05, 4.69) is 6.58 Å². The number of carbonyl (C=O) groups excluding carboxylic acids is 3. The number of aliphatic carboxylic acids is 2. The maximum Gasteiger partial charge on any atom is 0.341 e. The molecule has 0 bridgehead atoms. The zero-order valence-electron chi connectivity index (χ0n) is 28.1.